The number of para-hydroxylation sites is 4. The summed E-state index contributed by atoms with van der Waals surface area (Å²) in [5.41, 5.74) is 14.4. The first kappa shape index (κ1) is 47.3. The summed E-state index contributed by atoms with van der Waals surface area (Å²) in [6.07, 6.45) is 0. The van der Waals surface area contributed by atoms with Gasteiger partial charge in [-0.05, 0) is 113 Å². The summed E-state index contributed by atoms with van der Waals surface area (Å²) in [7, 11) is 0. The van der Waals surface area contributed by atoms with Crippen LogP contribution in [0.25, 0.3) is 120 Å². The molecule has 13 aromatic carbocycles. The fraction of sp³-hybridized carbons (Fsp3) is 0. The number of rotatable bonds is 5. The number of benzene rings is 13. The van der Waals surface area contributed by atoms with Crippen molar-refractivity contribution in [1.82, 2.24) is 9.13 Å². The Hall–Kier alpha value is -10.7. The first-order valence-corrected chi connectivity index (χ1v) is 28.3. The normalized spacial score (nSPS) is 12.0. The van der Waals surface area contributed by atoms with Gasteiger partial charge in [0.05, 0.1) is 22.1 Å². The molecule has 0 saturated carbocycles. The highest BCUT2D eigenvalue weighted by Gasteiger charge is 2.37. The van der Waals surface area contributed by atoms with Crippen LogP contribution in [-0.4, -0.2) is 15.8 Å². The van der Waals surface area contributed by atoms with Gasteiger partial charge in [0.15, 0.2) is 0 Å². The third-order valence-electron chi connectivity index (χ3n) is 16.9. The summed E-state index contributed by atoms with van der Waals surface area (Å²) in [5, 5.41) is 14.1. The monoisotopic (exact) mass is 1040 g/mol. The van der Waals surface area contributed by atoms with Gasteiger partial charge in [-0.1, -0.05) is 266 Å². The van der Waals surface area contributed by atoms with Crippen LogP contribution in [-0.2, 0) is 0 Å². The highest BCUT2D eigenvalue weighted by Crippen LogP contribution is 2.39. The number of ether oxygens (including phenoxy) is 1. The SMILES string of the molecule is c1ccc(-c2cccc(-c3ccccc3)c2B2c3ccc(-n4c5ccccc5c5ccccc5c5ccccc5c5ccccc54)cc3Oc3cc(-n4c5ccccc5c5ccccc5c5ccccc5c5ccccc54)ccc32)cc1. The van der Waals surface area contributed by atoms with Crippen LogP contribution in [0.5, 0.6) is 11.5 Å². The first-order chi connectivity index (χ1) is 40.7. The van der Waals surface area contributed by atoms with Crippen molar-refractivity contribution in [3.05, 3.63) is 309 Å². The van der Waals surface area contributed by atoms with Gasteiger partial charge in [-0.3, -0.25) is 0 Å². The fourth-order valence-corrected chi connectivity index (χ4v) is 13.4. The highest BCUT2D eigenvalue weighted by atomic mass is 16.5. The molecule has 0 aliphatic carbocycles. The van der Waals surface area contributed by atoms with Gasteiger partial charge in [0.25, 0.3) is 6.71 Å². The molecule has 3 nitrogen and oxygen atoms in total. The Morgan fingerprint density at radius 3 is 0.817 bits per heavy atom. The zero-order valence-corrected chi connectivity index (χ0v) is 44.8. The number of hydrogen-bond donors (Lipinski definition) is 0. The summed E-state index contributed by atoms with van der Waals surface area (Å²) < 4.78 is 12.6. The van der Waals surface area contributed by atoms with Gasteiger partial charge < -0.3 is 13.9 Å². The van der Waals surface area contributed by atoms with Crippen molar-refractivity contribution in [2.45, 2.75) is 0 Å². The van der Waals surface area contributed by atoms with E-state index in [0.29, 0.717) is 0 Å². The third kappa shape index (κ3) is 7.68. The molecule has 0 bridgehead atoms. The van der Waals surface area contributed by atoms with E-state index in [9.17, 15) is 0 Å². The Morgan fingerprint density at radius 1 is 0.232 bits per heavy atom. The molecule has 82 heavy (non-hydrogen) atoms. The van der Waals surface area contributed by atoms with E-state index in [1.54, 1.807) is 0 Å². The predicted molar refractivity (Wildman–Crippen MR) is 349 cm³/mol. The molecular formula is C78H51BN2O. The molecule has 2 aromatic heterocycles. The second-order valence-electron chi connectivity index (χ2n) is 21.4. The van der Waals surface area contributed by atoms with Crippen molar-refractivity contribution in [3.8, 4) is 45.1 Å². The van der Waals surface area contributed by atoms with E-state index in [2.05, 4.69) is 319 Å². The van der Waals surface area contributed by atoms with Crippen molar-refractivity contribution in [2.24, 2.45) is 0 Å². The van der Waals surface area contributed by atoms with Crippen molar-refractivity contribution in [1.29, 1.82) is 0 Å². The summed E-state index contributed by atoms with van der Waals surface area (Å²) >= 11 is 0. The molecule has 0 radical (unpaired) electrons. The number of fused-ring (bicyclic) bond motifs is 16. The molecule has 382 valence electrons. The molecule has 0 N–H and O–H groups in total. The summed E-state index contributed by atoms with van der Waals surface area (Å²) in [6, 6.07) is 113. The Kier molecular flexibility index (Phi) is 11.3. The third-order valence-corrected chi connectivity index (χ3v) is 16.9. The van der Waals surface area contributed by atoms with Crippen LogP contribution in [0.3, 0.4) is 0 Å². The van der Waals surface area contributed by atoms with Crippen LogP contribution < -0.4 is 21.1 Å². The van der Waals surface area contributed by atoms with Crippen LogP contribution in [0.15, 0.2) is 309 Å². The molecule has 0 saturated heterocycles. The number of aromatic nitrogens is 2. The van der Waals surface area contributed by atoms with E-state index in [1.165, 1.54) is 59.7 Å². The smallest absolute Gasteiger partial charge is 0.252 e. The molecule has 3 heterocycles. The molecule has 1 aliphatic rings. The molecule has 0 atom stereocenters. The minimum atomic E-state index is -0.240. The van der Waals surface area contributed by atoms with Crippen LogP contribution in [0.4, 0.5) is 0 Å². The quantitative estimate of drug-likeness (QED) is 0.157. The average Bonchev–Trinajstić information content (AvgIpc) is 3.65. The molecule has 0 unspecified atom stereocenters. The lowest BCUT2D eigenvalue weighted by Crippen LogP contribution is -2.56. The molecule has 0 fully saturated rings. The van der Waals surface area contributed by atoms with Gasteiger partial charge in [-0.2, -0.15) is 0 Å². The second kappa shape index (κ2) is 19.6. The standard InChI is InChI=1S/C78H51BN2O/c1-3-24-52(25-4-1)56-40-23-41-57(53-26-5-2-6-27-53)78(56)79-70-48-46-54(80-72-42-19-15-36-66(72)62-32-11-7-28-58(62)59-29-8-12-33-63(59)67-37-16-20-43-73(67)80)50-76(70)82-77-51-55(47-49-71(77)79)81-74-44-21-17-38-68(74)64-34-13-9-30-60(64)61-31-10-14-35-65(61)69-39-18-22-45-75(69)81/h1-51H. The lowest BCUT2D eigenvalue weighted by Gasteiger charge is -2.31. The zero-order valence-electron chi connectivity index (χ0n) is 44.8. The Bertz CT molecular complexity index is 4680. The molecule has 0 spiro atoms. The lowest BCUT2D eigenvalue weighted by atomic mass is 9.34. The van der Waals surface area contributed by atoms with Crippen molar-refractivity contribution in [2.75, 3.05) is 0 Å². The van der Waals surface area contributed by atoms with Crippen molar-refractivity contribution >= 4 is 110 Å². The molecule has 15 aromatic rings. The maximum atomic E-state index is 7.67. The van der Waals surface area contributed by atoms with Gasteiger partial charge in [-0.25, -0.2) is 0 Å². The van der Waals surface area contributed by atoms with Crippen LogP contribution in [0.2, 0.25) is 0 Å². The highest BCUT2D eigenvalue weighted by molar-refractivity contribution is 6.98. The predicted octanol–water partition coefficient (Wildman–Crippen LogP) is 18.7. The molecule has 4 heteroatoms. The first-order valence-electron chi connectivity index (χ1n) is 28.3. The summed E-state index contributed by atoms with van der Waals surface area (Å²) in [4.78, 5) is 0. The van der Waals surface area contributed by atoms with Gasteiger partial charge in [0.1, 0.15) is 11.5 Å². The topological polar surface area (TPSA) is 19.1 Å². The Labute approximate surface area is 475 Å². The molecular weight excluding hydrogens is 992 g/mol. The number of nitrogens with zero attached hydrogens (tertiary/aromatic N) is 2. The van der Waals surface area contributed by atoms with E-state index in [1.807, 2.05) is 0 Å². The van der Waals surface area contributed by atoms with E-state index in [-0.39, 0.29) is 6.71 Å². The van der Waals surface area contributed by atoms with Crippen LogP contribution in [0.1, 0.15) is 0 Å². The minimum Gasteiger partial charge on any atom is -0.458 e. The fourth-order valence-electron chi connectivity index (χ4n) is 13.4. The molecule has 1 aliphatic heterocycles. The van der Waals surface area contributed by atoms with Gasteiger partial charge in [0, 0.05) is 45.1 Å². The molecule has 16 rings (SSSR count). The van der Waals surface area contributed by atoms with E-state index < -0.39 is 0 Å². The van der Waals surface area contributed by atoms with E-state index >= 15 is 0 Å². The van der Waals surface area contributed by atoms with E-state index in [4.69, 9.17) is 4.74 Å². The van der Waals surface area contributed by atoms with Crippen molar-refractivity contribution < 1.29 is 4.74 Å². The van der Waals surface area contributed by atoms with Crippen molar-refractivity contribution in [3.63, 3.8) is 0 Å². The van der Waals surface area contributed by atoms with E-state index in [0.717, 1.165) is 88.5 Å². The lowest BCUT2D eigenvalue weighted by molar-refractivity contribution is 0.487. The van der Waals surface area contributed by atoms with Gasteiger partial charge in [0.2, 0.25) is 0 Å². The maximum Gasteiger partial charge on any atom is 0.252 e. The average molecular weight is 1040 g/mol. The summed E-state index contributed by atoms with van der Waals surface area (Å²) in [5.74, 6) is 1.61. The summed E-state index contributed by atoms with van der Waals surface area (Å²) in [6.45, 7) is -0.240. The maximum absolute atomic E-state index is 7.67. The Morgan fingerprint density at radius 2 is 0.500 bits per heavy atom. The van der Waals surface area contributed by atoms with Gasteiger partial charge in [-0.15, -0.1) is 0 Å². The zero-order chi connectivity index (χ0) is 54.1. The molecule has 0 amide bonds. The second-order valence-corrected chi connectivity index (χ2v) is 21.4. The largest absolute Gasteiger partial charge is 0.458 e. The number of hydrogen-bond acceptors (Lipinski definition) is 1. The Balaban J connectivity index is 1.03. The van der Waals surface area contributed by atoms with Crippen LogP contribution >= 0.6 is 0 Å². The van der Waals surface area contributed by atoms with Crippen LogP contribution in [0, 0.1) is 0 Å². The minimum absolute atomic E-state index is 0.240. The van der Waals surface area contributed by atoms with Gasteiger partial charge >= 0.3 is 0 Å².